The first-order valence-corrected chi connectivity index (χ1v) is 9.27. The molecule has 0 heterocycles. The second-order valence-corrected chi connectivity index (χ2v) is 7.03. The molecule has 0 spiro atoms. The van der Waals surface area contributed by atoms with Crippen molar-refractivity contribution < 1.29 is 17.6 Å². The minimum Gasteiger partial charge on any atom is -0.206 e. The molecule has 0 aliphatic carbocycles. The van der Waals surface area contributed by atoms with Crippen molar-refractivity contribution in [1.82, 2.24) is 0 Å². The summed E-state index contributed by atoms with van der Waals surface area (Å²) < 4.78 is 55.2. The standard InChI is InChI=1S/C24H18F4/c1-2-3-4-14-5-8-18-15(9-14)6-7-16-10-20(21(25)13-19(16)18)17-11-22(26)24(28)23(27)12-17/h5-13H,2-4H2,1H3. The molecule has 0 aromatic heterocycles. The third kappa shape index (κ3) is 3.24. The first kappa shape index (κ1) is 18.5. The lowest BCUT2D eigenvalue weighted by molar-refractivity contribution is 0.447. The Kier molecular flexibility index (Phi) is 4.80. The van der Waals surface area contributed by atoms with E-state index < -0.39 is 23.3 Å². The maximum Gasteiger partial charge on any atom is 0.194 e. The zero-order valence-electron chi connectivity index (χ0n) is 15.3. The summed E-state index contributed by atoms with van der Waals surface area (Å²) in [6.45, 7) is 2.15. The summed E-state index contributed by atoms with van der Waals surface area (Å²) in [5, 5.41) is 3.41. The molecule has 0 bridgehead atoms. The van der Waals surface area contributed by atoms with E-state index in [0.717, 1.165) is 52.9 Å². The number of hydrogen-bond acceptors (Lipinski definition) is 0. The predicted octanol–water partition coefficient (Wildman–Crippen LogP) is 7.56. The van der Waals surface area contributed by atoms with E-state index in [2.05, 4.69) is 13.0 Å². The quantitative estimate of drug-likeness (QED) is 0.194. The van der Waals surface area contributed by atoms with Crippen molar-refractivity contribution in [2.45, 2.75) is 26.2 Å². The van der Waals surface area contributed by atoms with E-state index in [1.54, 1.807) is 6.07 Å². The van der Waals surface area contributed by atoms with Gasteiger partial charge < -0.3 is 0 Å². The fourth-order valence-electron chi connectivity index (χ4n) is 3.60. The van der Waals surface area contributed by atoms with Gasteiger partial charge in [-0.15, -0.1) is 0 Å². The number of rotatable bonds is 4. The van der Waals surface area contributed by atoms with Gasteiger partial charge >= 0.3 is 0 Å². The van der Waals surface area contributed by atoms with Gasteiger partial charge in [0.1, 0.15) is 5.82 Å². The van der Waals surface area contributed by atoms with Crippen molar-refractivity contribution in [3.63, 3.8) is 0 Å². The van der Waals surface area contributed by atoms with Gasteiger partial charge in [0.2, 0.25) is 0 Å². The molecule has 4 aromatic carbocycles. The van der Waals surface area contributed by atoms with Crippen LogP contribution >= 0.6 is 0 Å². The van der Waals surface area contributed by atoms with Gasteiger partial charge in [-0.25, -0.2) is 17.6 Å². The van der Waals surface area contributed by atoms with Crippen molar-refractivity contribution in [2.24, 2.45) is 0 Å². The molecule has 4 rings (SSSR count). The van der Waals surface area contributed by atoms with Gasteiger partial charge in [-0.05, 0) is 69.8 Å². The van der Waals surface area contributed by atoms with Gasteiger partial charge in [0.05, 0.1) is 0 Å². The summed E-state index contributed by atoms with van der Waals surface area (Å²) >= 11 is 0. The minimum absolute atomic E-state index is 0.0317. The van der Waals surface area contributed by atoms with Crippen LogP contribution in [0.5, 0.6) is 0 Å². The van der Waals surface area contributed by atoms with Crippen LogP contribution in [0.3, 0.4) is 0 Å². The highest BCUT2D eigenvalue weighted by Crippen LogP contribution is 2.33. The molecule has 0 aliphatic heterocycles. The lowest BCUT2D eigenvalue weighted by Gasteiger charge is -2.10. The second-order valence-electron chi connectivity index (χ2n) is 7.03. The van der Waals surface area contributed by atoms with E-state index in [1.165, 1.54) is 11.6 Å². The van der Waals surface area contributed by atoms with Crippen LogP contribution in [0.1, 0.15) is 25.3 Å². The molecule has 28 heavy (non-hydrogen) atoms. The summed E-state index contributed by atoms with van der Waals surface area (Å²) in [5.74, 6) is -4.85. The second kappa shape index (κ2) is 7.27. The first-order chi connectivity index (χ1) is 13.5. The molecule has 0 saturated heterocycles. The van der Waals surface area contributed by atoms with Crippen molar-refractivity contribution in [2.75, 3.05) is 0 Å². The summed E-state index contributed by atoms with van der Waals surface area (Å²) in [7, 11) is 0. The van der Waals surface area contributed by atoms with Gasteiger partial charge in [-0.2, -0.15) is 0 Å². The fourth-order valence-corrected chi connectivity index (χ4v) is 3.60. The predicted molar refractivity (Wildman–Crippen MR) is 105 cm³/mol. The molecule has 4 aromatic rings. The molecule has 0 amide bonds. The molecule has 142 valence electrons. The Morgan fingerprint density at radius 1 is 0.679 bits per heavy atom. The zero-order chi connectivity index (χ0) is 19.8. The van der Waals surface area contributed by atoms with E-state index in [4.69, 9.17) is 0 Å². The average Bonchev–Trinajstić information content (AvgIpc) is 2.69. The van der Waals surface area contributed by atoms with Crippen LogP contribution in [0.15, 0.2) is 54.6 Å². The number of halogens is 4. The van der Waals surface area contributed by atoms with Crippen LogP contribution in [-0.2, 0) is 6.42 Å². The first-order valence-electron chi connectivity index (χ1n) is 9.27. The summed E-state index contributed by atoms with van der Waals surface area (Å²) in [5.41, 5.74) is 1.23. The molecule has 0 N–H and O–H groups in total. The Balaban J connectivity index is 1.86. The molecular weight excluding hydrogens is 364 g/mol. The lowest BCUT2D eigenvalue weighted by Crippen LogP contribution is -1.94. The lowest BCUT2D eigenvalue weighted by atomic mass is 9.95. The van der Waals surface area contributed by atoms with Crippen LogP contribution in [-0.4, -0.2) is 0 Å². The SMILES string of the molecule is CCCCc1ccc2c(ccc3cc(-c4cc(F)c(F)c(F)c4)c(F)cc32)c1. The number of fused-ring (bicyclic) bond motifs is 3. The van der Waals surface area contributed by atoms with Crippen LogP contribution in [0.25, 0.3) is 32.7 Å². The molecule has 0 unspecified atom stereocenters. The molecule has 0 aliphatic rings. The smallest absolute Gasteiger partial charge is 0.194 e. The molecule has 0 fully saturated rings. The van der Waals surface area contributed by atoms with Crippen molar-refractivity contribution in [3.05, 3.63) is 83.4 Å². The Morgan fingerprint density at radius 3 is 2.04 bits per heavy atom. The normalized spacial score (nSPS) is 11.5. The molecule has 0 nitrogen and oxygen atoms in total. The molecule has 4 heteroatoms. The maximum absolute atomic E-state index is 14.8. The fraction of sp³-hybridized carbons (Fsp3) is 0.167. The Morgan fingerprint density at radius 2 is 1.36 bits per heavy atom. The third-order valence-electron chi connectivity index (χ3n) is 5.10. The largest absolute Gasteiger partial charge is 0.206 e. The van der Waals surface area contributed by atoms with Gasteiger partial charge in [0, 0.05) is 5.56 Å². The number of unbranched alkanes of at least 4 members (excludes halogenated alkanes) is 1. The number of aryl methyl sites for hydroxylation is 1. The highest BCUT2D eigenvalue weighted by atomic mass is 19.2. The van der Waals surface area contributed by atoms with E-state index in [0.29, 0.717) is 0 Å². The molecule has 0 saturated carbocycles. The maximum atomic E-state index is 14.8. The Hall–Kier alpha value is -2.88. The topological polar surface area (TPSA) is 0 Å². The van der Waals surface area contributed by atoms with Crippen molar-refractivity contribution in [1.29, 1.82) is 0 Å². The van der Waals surface area contributed by atoms with Crippen LogP contribution in [0, 0.1) is 23.3 Å². The van der Waals surface area contributed by atoms with Crippen molar-refractivity contribution in [3.8, 4) is 11.1 Å². The highest BCUT2D eigenvalue weighted by molar-refractivity contribution is 6.08. The Labute approximate surface area is 160 Å². The van der Waals surface area contributed by atoms with Gasteiger partial charge in [0.15, 0.2) is 17.5 Å². The van der Waals surface area contributed by atoms with Crippen molar-refractivity contribution >= 4 is 21.5 Å². The average molecular weight is 382 g/mol. The summed E-state index contributed by atoms with van der Waals surface area (Å²) in [4.78, 5) is 0. The third-order valence-corrected chi connectivity index (χ3v) is 5.10. The summed E-state index contributed by atoms with van der Waals surface area (Å²) in [6, 6.07) is 14.5. The summed E-state index contributed by atoms with van der Waals surface area (Å²) in [6.07, 6.45) is 3.23. The molecular formula is C24H18F4. The minimum atomic E-state index is -1.56. The van der Waals surface area contributed by atoms with E-state index in [-0.39, 0.29) is 11.1 Å². The Bertz CT molecular complexity index is 1170. The number of benzene rings is 4. The molecule has 0 radical (unpaired) electrons. The molecule has 0 atom stereocenters. The van der Waals surface area contributed by atoms with Gasteiger partial charge in [-0.1, -0.05) is 43.7 Å². The van der Waals surface area contributed by atoms with Crippen LogP contribution in [0.4, 0.5) is 17.6 Å². The van der Waals surface area contributed by atoms with Crippen LogP contribution < -0.4 is 0 Å². The van der Waals surface area contributed by atoms with Crippen LogP contribution in [0.2, 0.25) is 0 Å². The van der Waals surface area contributed by atoms with Gasteiger partial charge in [-0.3, -0.25) is 0 Å². The highest BCUT2D eigenvalue weighted by Gasteiger charge is 2.15. The zero-order valence-corrected chi connectivity index (χ0v) is 15.3. The van der Waals surface area contributed by atoms with E-state index in [1.807, 2.05) is 24.3 Å². The number of hydrogen-bond donors (Lipinski definition) is 0. The van der Waals surface area contributed by atoms with E-state index in [9.17, 15) is 17.6 Å². The van der Waals surface area contributed by atoms with Gasteiger partial charge in [0.25, 0.3) is 0 Å². The monoisotopic (exact) mass is 382 g/mol. The van der Waals surface area contributed by atoms with E-state index >= 15 is 0 Å².